The number of hydrogen-bond acceptors (Lipinski definition) is 6. The van der Waals surface area contributed by atoms with E-state index in [4.69, 9.17) is 4.42 Å². The van der Waals surface area contributed by atoms with Crippen LogP contribution in [0.3, 0.4) is 0 Å². The molecule has 3 aromatic rings. The van der Waals surface area contributed by atoms with Gasteiger partial charge >= 0.3 is 0 Å². The molecule has 0 aliphatic heterocycles. The Morgan fingerprint density at radius 2 is 2.29 bits per heavy atom. The Hall–Kier alpha value is -1.60. The maximum Gasteiger partial charge on any atom is 0.236 e. The molecule has 0 bridgehead atoms. The normalized spacial score (nSPS) is 11.4. The van der Waals surface area contributed by atoms with Crippen LogP contribution in [0.1, 0.15) is 31.3 Å². The van der Waals surface area contributed by atoms with Crippen LogP contribution in [0.4, 0.5) is 0 Å². The van der Waals surface area contributed by atoms with Crippen molar-refractivity contribution in [2.75, 3.05) is 0 Å². The monoisotopic (exact) mass is 320 g/mol. The molecule has 0 aliphatic carbocycles. The Bertz CT molecular complexity index is 715. The van der Waals surface area contributed by atoms with Crippen LogP contribution in [0, 0.1) is 6.92 Å². The van der Waals surface area contributed by atoms with Crippen LogP contribution >= 0.6 is 23.1 Å². The summed E-state index contributed by atoms with van der Waals surface area (Å²) in [7, 11) is 0. The second kappa shape index (κ2) is 6.03. The predicted octanol–water partition coefficient (Wildman–Crippen LogP) is 4.18. The van der Waals surface area contributed by atoms with Crippen LogP contribution in [-0.2, 0) is 5.75 Å². The molecule has 3 aromatic heterocycles. The van der Waals surface area contributed by atoms with Crippen LogP contribution in [0.15, 0.2) is 33.4 Å². The molecule has 3 rings (SSSR count). The van der Waals surface area contributed by atoms with Crippen molar-refractivity contribution in [3.05, 3.63) is 35.3 Å². The number of rotatable bonds is 5. The van der Waals surface area contributed by atoms with E-state index in [0.717, 1.165) is 27.2 Å². The molecule has 0 unspecified atom stereocenters. The number of oxazole rings is 1. The Morgan fingerprint density at radius 1 is 1.43 bits per heavy atom. The van der Waals surface area contributed by atoms with Gasteiger partial charge in [-0.1, -0.05) is 17.8 Å². The van der Waals surface area contributed by atoms with Gasteiger partial charge in [0.05, 0.1) is 10.6 Å². The molecule has 0 aromatic carbocycles. The third kappa shape index (κ3) is 3.03. The zero-order valence-corrected chi connectivity index (χ0v) is 13.7. The van der Waals surface area contributed by atoms with Crippen molar-refractivity contribution in [2.45, 2.75) is 37.7 Å². The van der Waals surface area contributed by atoms with Crippen molar-refractivity contribution < 1.29 is 4.42 Å². The molecular weight excluding hydrogens is 304 g/mol. The average Bonchev–Trinajstić information content (AvgIpc) is 3.17. The van der Waals surface area contributed by atoms with Gasteiger partial charge in [-0.3, -0.25) is 0 Å². The Labute approximate surface area is 131 Å². The second-order valence-electron chi connectivity index (χ2n) is 4.90. The molecule has 21 heavy (non-hydrogen) atoms. The van der Waals surface area contributed by atoms with E-state index in [0.29, 0.717) is 11.9 Å². The number of thiophene rings is 1. The highest BCUT2D eigenvalue weighted by Gasteiger charge is 2.14. The second-order valence-corrected chi connectivity index (χ2v) is 6.79. The summed E-state index contributed by atoms with van der Waals surface area (Å²) in [5, 5.41) is 11.1. The summed E-state index contributed by atoms with van der Waals surface area (Å²) in [4.78, 5) is 5.65. The lowest BCUT2D eigenvalue weighted by Gasteiger charge is -2.08. The highest BCUT2D eigenvalue weighted by molar-refractivity contribution is 7.98. The Balaban J connectivity index is 1.75. The molecule has 0 fully saturated rings. The van der Waals surface area contributed by atoms with Crippen LogP contribution in [0.25, 0.3) is 10.8 Å². The zero-order valence-electron chi connectivity index (χ0n) is 12.1. The first-order chi connectivity index (χ1) is 10.1. The summed E-state index contributed by atoms with van der Waals surface area (Å²) in [6.45, 7) is 6.18. The van der Waals surface area contributed by atoms with E-state index in [9.17, 15) is 0 Å². The minimum absolute atomic E-state index is 0.350. The molecule has 0 saturated heterocycles. The van der Waals surface area contributed by atoms with E-state index in [1.54, 1.807) is 29.4 Å². The lowest BCUT2D eigenvalue weighted by atomic mass is 10.4. The van der Waals surface area contributed by atoms with Crippen LogP contribution in [0.5, 0.6) is 0 Å². The van der Waals surface area contributed by atoms with Gasteiger partial charge in [-0.25, -0.2) is 4.98 Å². The molecule has 7 heteroatoms. The Morgan fingerprint density at radius 3 is 3.00 bits per heavy atom. The third-order valence-corrected chi connectivity index (χ3v) is 4.89. The number of hydrogen-bond donors (Lipinski definition) is 0. The Kier molecular flexibility index (Phi) is 4.12. The molecule has 5 nitrogen and oxygen atoms in total. The van der Waals surface area contributed by atoms with Gasteiger partial charge in [0, 0.05) is 11.8 Å². The van der Waals surface area contributed by atoms with Gasteiger partial charge < -0.3 is 8.98 Å². The molecule has 0 aliphatic rings. The van der Waals surface area contributed by atoms with Crippen molar-refractivity contribution in [3.8, 4) is 10.8 Å². The maximum atomic E-state index is 5.75. The fourth-order valence-corrected chi connectivity index (χ4v) is 3.58. The fraction of sp³-hybridized carbons (Fsp3) is 0.357. The van der Waals surface area contributed by atoms with Crippen LogP contribution in [-0.4, -0.2) is 19.7 Å². The summed E-state index contributed by atoms with van der Waals surface area (Å²) < 4.78 is 7.81. The summed E-state index contributed by atoms with van der Waals surface area (Å²) in [5.74, 6) is 2.29. The molecular formula is C14H16N4OS2. The largest absolute Gasteiger partial charge is 0.440 e. The molecule has 3 heterocycles. The number of aromatic nitrogens is 4. The first-order valence-electron chi connectivity index (χ1n) is 6.67. The number of aryl methyl sites for hydroxylation is 1. The minimum atomic E-state index is 0.350. The summed E-state index contributed by atoms with van der Waals surface area (Å²) in [5.41, 5.74) is 0.960. The summed E-state index contributed by atoms with van der Waals surface area (Å²) >= 11 is 3.26. The average molecular weight is 320 g/mol. The van der Waals surface area contributed by atoms with Gasteiger partial charge in [0.25, 0.3) is 0 Å². The summed E-state index contributed by atoms with van der Waals surface area (Å²) in [6, 6.07) is 4.36. The molecule has 0 amide bonds. The molecule has 0 atom stereocenters. The highest BCUT2D eigenvalue weighted by Crippen LogP contribution is 2.29. The van der Waals surface area contributed by atoms with Gasteiger partial charge in [-0.2, -0.15) is 0 Å². The van der Waals surface area contributed by atoms with E-state index in [1.165, 1.54) is 0 Å². The smallest absolute Gasteiger partial charge is 0.236 e. The van der Waals surface area contributed by atoms with Gasteiger partial charge in [0.1, 0.15) is 12.1 Å². The zero-order chi connectivity index (χ0) is 14.8. The third-order valence-electron chi connectivity index (χ3n) is 3.06. The quantitative estimate of drug-likeness (QED) is 0.660. The van der Waals surface area contributed by atoms with E-state index < -0.39 is 0 Å². The van der Waals surface area contributed by atoms with Gasteiger partial charge in [-0.15, -0.1) is 21.5 Å². The molecule has 110 valence electrons. The van der Waals surface area contributed by atoms with Gasteiger partial charge in [-0.05, 0) is 32.2 Å². The highest BCUT2D eigenvalue weighted by atomic mass is 32.2. The van der Waals surface area contributed by atoms with Crippen molar-refractivity contribution in [2.24, 2.45) is 0 Å². The topological polar surface area (TPSA) is 56.7 Å². The van der Waals surface area contributed by atoms with Crippen molar-refractivity contribution >= 4 is 23.1 Å². The lowest BCUT2D eigenvalue weighted by Crippen LogP contribution is -2.01. The molecule has 0 spiro atoms. The first kappa shape index (κ1) is 14.3. The molecule has 0 N–H and O–H groups in total. The maximum absolute atomic E-state index is 5.75. The number of thioether (sulfide) groups is 1. The van der Waals surface area contributed by atoms with Crippen molar-refractivity contribution in [1.82, 2.24) is 19.7 Å². The van der Waals surface area contributed by atoms with E-state index in [1.807, 2.05) is 24.4 Å². The van der Waals surface area contributed by atoms with Gasteiger partial charge in [0.15, 0.2) is 5.16 Å². The number of nitrogens with zero attached hydrogens (tertiary/aromatic N) is 4. The van der Waals surface area contributed by atoms with Crippen LogP contribution < -0.4 is 0 Å². The van der Waals surface area contributed by atoms with Crippen molar-refractivity contribution in [1.29, 1.82) is 0 Å². The lowest BCUT2D eigenvalue weighted by molar-refractivity contribution is 0.541. The minimum Gasteiger partial charge on any atom is -0.440 e. The summed E-state index contributed by atoms with van der Waals surface area (Å²) in [6.07, 6.45) is 1.76. The van der Waals surface area contributed by atoms with Crippen molar-refractivity contribution in [3.63, 3.8) is 0 Å². The molecule has 0 radical (unpaired) electrons. The van der Waals surface area contributed by atoms with Crippen LogP contribution in [0.2, 0.25) is 0 Å². The molecule has 0 saturated carbocycles. The SMILES string of the molecule is Cc1oc(-c2cccs2)nc1CSc1nncn1C(C)C. The van der Waals surface area contributed by atoms with E-state index >= 15 is 0 Å². The predicted molar refractivity (Wildman–Crippen MR) is 84.5 cm³/mol. The first-order valence-corrected chi connectivity index (χ1v) is 8.54. The standard InChI is InChI=1S/C14H16N4OS2/c1-9(2)18-8-15-17-14(18)21-7-11-10(3)19-13(16-11)12-5-4-6-20-12/h4-6,8-9H,7H2,1-3H3. The van der Waals surface area contributed by atoms with E-state index in [-0.39, 0.29) is 0 Å². The van der Waals surface area contributed by atoms with Gasteiger partial charge in [0.2, 0.25) is 5.89 Å². The van der Waals surface area contributed by atoms with E-state index in [2.05, 4.69) is 33.6 Å². The fourth-order valence-electron chi connectivity index (χ4n) is 1.89.